The monoisotopic (exact) mass is 289 g/mol. The summed E-state index contributed by atoms with van der Waals surface area (Å²) in [6, 6.07) is 0. The Bertz CT molecular complexity index is 522. The van der Waals surface area contributed by atoms with Gasteiger partial charge in [-0.15, -0.1) is 0 Å². The van der Waals surface area contributed by atoms with Crippen molar-refractivity contribution in [2.24, 2.45) is 0 Å². The molecule has 0 aliphatic rings. The molecule has 0 bridgehead atoms. The fourth-order valence-corrected chi connectivity index (χ4v) is 2.01. The first-order valence-corrected chi connectivity index (χ1v) is 5.61. The van der Waals surface area contributed by atoms with E-state index in [0.717, 1.165) is 0 Å². The van der Waals surface area contributed by atoms with Gasteiger partial charge in [0.15, 0.2) is 5.65 Å². The minimum atomic E-state index is -2.55. The van der Waals surface area contributed by atoms with E-state index in [1.54, 1.807) is 6.20 Å². The van der Waals surface area contributed by atoms with E-state index in [0.29, 0.717) is 15.8 Å². The molecule has 0 amide bonds. The van der Waals surface area contributed by atoms with Crippen molar-refractivity contribution >= 4 is 21.6 Å². The quantitative estimate of drug-likeness (QED) is 0.846. The maximum Gasteiger partial charge on any atom is 0.280 e. The Morgan fingerprint density at radius 2 is 2.06 bits per heavy atom. The number of imidazole rings is 1. The maximum atomic E-state index is 13.0. The van der Waals surface area contributed by atoms with Crippen LogP contribution in [0.25, 0.3) is 5.65 Å². The first kappa shape index (κ1) is 11.4. The van der Waals surface area contributed by atoms with Crippen molar-refractivity contribution in [3.8, 4) is 0 Å². The summed E-state index contributed by atoms with van der Waals surface area (Å²) in [6.07, 6.45) is 0.353. The van der Waals surface area contributed by atoms with Crippen LogP contribution < -0.4 is 0 Å². The molecule has 2 heterocycles. The lowest BCUT2D eigenvalue weighted by atomic mass is 10.1. The highest BCUT2D eigenvalue weighted by Crippen LogP contribution is 2.30. The highest BCUT2D eigenvalue weighted by atomic mass is 79.9. The van der Waals surface area contributed by atoms with Crippen molar-refractivity contribution in [1.29, 1.82) is 0 Å². The van der Waals surface area contributed by atoms with E-state index in [1.807, 2.05) is 13.8 Å². The number of rotatable bonds is 2. The van der Waals surface area contributed by atoms with Crippen molar-refractivity contribution in [1.82, 2.24) is 14.4 Å². The van der Waals surface area contributed by atoms with E-state index in [-0.39, 0.29) is 11.6 Å². The summed E-state index contributed by atoms with van der Waals surface area (Å²) in [4.78, 5) is 8.10. The molecule has 0 aliphatic carbocycles. The van der Waals surface area contributed by atoms with Crippen molar-refractivity contribution in [2.45, 2.75) is 26.2 Å². The molecule has 0 aliphatic heterocycles. The number of aromatic nitrogens is 3. The number of alkyl halides is 2. The van der Waals surface area contributed by atoms with Gasteiger partial charge in [0.1, 0.15) is 12.0 Å². The number of fused-ring (bicyclic) bond motifs is 1. The molecule has 16 heavy (non-hydrogen) atoms. The maximum absolute atomic E-state index is 13.0. The van der Waals surface area contributed by atoms with Gasteiger partial charge in [0.2, 0.25) is 0 Å². The fraction of sp³-hybridized carbons (Fsp3) is 0.400. The molecule has 0 unspecified atom stereocenters. The number of hydrogen-bond acceptors (Lipinski definition) is 2. The molecule has 2 aromatic heterocycles. The Hall–Kier alpha value is -1.04. The molecule has 0 fully saturated rings. The smallest absolute Gasteiger partial charge is 0.280 e. The topological polar surface area (TPSA) is 30.2 Å². The Balaban J connectivity index is 2.81. The Kier molecular flexibility index (Phi) is 2.92. The zero-order chi connectivity index (χ0) is 11.9. The normalized spacial score (nSPS) is 11.9. The van der Waals surface area contributed by atoms with Gasteiger partial charge in [-0.2, -0.15) is 0 Å². The zero-order valence-electron chi connectivity index (χ0n) is 8.78. The minimum Gasteiger partial charge on any atom is -0.280 e. The summed E-state index contributed by atoms with van der Waals surface area (Å²) in [5.74, 6) is -0.0456. The largest absolute Gasteiger partial charge is 0.280 e. The van der Waals surface area contributed by atoms with E-state index >= 15 is 0 Å². The average molecular weight is 290 g/mol. The number of halogens is 3. The van der Waals surface area contributed by atoms with Crippen LogP contribution in [-0.4, -0.2) is 14.4 Å². The third-order valence-corrected chi connectivity index (χ3v) is 2.87. The summed E-state index contributed by atoms with van der Waals surface area (Å²) in [5, 5.41) is 0. The van der Waals surface area contributed by atoms with Gasteiger partial charge in [-0.25, -0.2) is 18.7 Å². The highest BCUT2D eigenvalue weighted by molar-refractivity contribution is 9.10. The van der Waals surface area contributed by atoms with Gasteiger partial charge in [-0.05, 0) is 21.8 Å². The SMILES string of the molecule is CC(C)c1nc2c(Br)cncn2c1C(F)F. The fourth-order valence-electron chi connectivity index (χ4n) is 1.61. The van der Waals surface area contributed by atoms with Crippen LogP contribution in [0.15, 0.2) is 17.0 Å². The molecular weight excluding hydrogens is 280 g/mol. The molecule has 0 N–H and O–H groups in total. The second-order valence-electron chi connectivity index (χ2n) is 3.77. The molecular formula is C10H10BrF2N3. The summed E-state index contributed by atoms with van der Waals surface area (Å²) in [7, 11) is 0. The van der Waals surface area contributed by atoms with Gasteiger partial charge in [0.05, 0.1) is 10.2 Å². The Morgan fingerprint density at radius 3 is 2.62 bits per heavy atom. The zero-order valence-corrected chi connectivity index (χ0v) is 10.4. The van der Waals surface area contributed by atoms with Crippen LogP contribution in [-0.2, 0) is 0 Å². The summed E-state index contributed by atoms with van der Waals surface area (Å²) < 4.78 is 27.9. The van der Waals surface area contributed by atoms with Crippen molar-refractivity contribution < 1.29 is 8.78 Å². The first-order chi connectivity index (χ1) is 7.52. The van der Waals surface area contributed by atoms with Crippen LogP contribution in [0.5, 0.6) is 0 Å². The van der Waals surface area contributed by atoms with Gasteiger partial charge in [-0.3, -0.25) is 4.40 Å². The lowest BCUT2D eigenvalue weighted by Gasteiger charge is -2.05. The Morgan fingerprint density at radius 1 is 1.38 bits per heavy atom. The second kappa shape index (κ2) is 4.08. The van der Waals surface area contributed by atoms with E-state index in [2.05, 4.69) is 25.9 Å². The van der Waals surface area contributed by atoms with Gasteiger partial charge in [-0.1, -0.05) is 13.8 Å². The second-order valence-corrected chi connectivity index (χ2v) is 4.63. The molecule has 0 aromatic carbocycles. The number of hydrogen-bond donors (Lipinski definition) is 0. The molecule has 0 saturated carbocycles. The molecule has 2 rings (SSSR count). The van der Waals surface area contributed by atoms with Crippen LogP contribution in [0.4, 0.5) is 8.78 Å². The standard InChI is InChI=1S/C10H10BrF2N3/c1-5(2)7-8(9(12)13)16-4-14-3-6(11)10(16)15-7/h3-5,9H,1-2H3. The molecule has 0 radical (unpaired) electrons. The molecule has 2 aromatic rings. The molecule has 0 spiro atoms. The molecule has 0 atom stereocenters. The average Bonchev–Trinajstić information content (AvgIpc) is 2.58. The number of nitrogens with zero attached hydrogens (tertiary/aromatic N) is 3. The molecule has 0 saturated heterocycles. The summed E-state index contributed by atoms with van der Waals surface area (Å²) >= 11 is 3.25. The Labute approximate surface area is 99.6 Å². The third-order valence-electron chi connectivity index (χ3n) is 2.31. The van der Waals surface area contributed by atoms with E-state index in [4.69, 9.17) is 0 Å². The predicted octanol–water partition coefficient (Wildman–Crippen LogP) is 3.55. The van der Waals surface area contributed by atoms with Crippen LogP contribution in [0.2, 0.25) is 0 Å². The molecule has 6 heteroatoms. The van der Waals surface area contributed by atoms with Gasteiger partial charge in [0, 0.05) is 6.20 Å². The summed E-state index contributed by atoms with van der Waals surface area (Å²) in [6.45, 7) is 3.68. The molecule has 86 valence electrons. The highest BCUT2D eigenvalue weighted by Gasteiger charge is 2.23. The minimum absolute atomic E-state index is 0.0456. The van der Waals surface area contributed by atoms with Gasteiger partial charge in [0.25, 0.3) is 6.43 Å². The van der Waals surface area contributed by atoms with Crippen molar-refractivity contribution in [2.75, 3.05) is 0 Å². The van der Waals surface area contributed by atoms with E-state index in [1.165, 1.54) is 10.7 Å². The summed E-state index contributed by atoms with van der Waals surface area (Å²) in [5.41, 5.74) is 0.830. The van der Waals surface area contributed by atoms with Crippen molar-refractivity contribution in [3.63, 3.8) is 0 Å². The van der Waals surface area contributed by atoms with Crippen LogP contribution >= 0.6 is 15.9 Å². The first-order valence-electron chi connectivity index (χ1n) is 4.82. The lowest BCUT2D eigenvalue weighted by Crippen LogP contribution is -1.99. The lowest BCUT2D eigenvalue weighted by molar-refractivity contribution is 0.143. The van der Waals surface area contributed by atoms with E-state index in [9.17, 15) is 8.78 Å². The third kappa shape index (κ3) is 1.71. The van der Waals surface area contributed by atoms with Crippen molar-refractivity contribution in [3.05, 3.63) is 28.4 Å². The van der Waals surface area contributed by atoms with Crippen LogP contribution in [0.1, 0.15) is 37.6 Å². The van der Waals surface area contributed by atoms with Crippen LogP contribution in [0.3, 0.4) is 0 Å². The van der Waals surface area contributed by atoms with E-state index < -0.39 is 6.43 Å². The predicted molar refractivity (Wildman–Crippen MR) is 59.7 cm³/mol. The van der Waals surface area contributed by atoms with Gasteiger partial charge < -0.3 is 0 Å². The van der Waals surface area contributed by atoms with Gasteiger partial charge >= 0.3 is 0 Å². The molecule has 3 nitrogen and oxygen atoms in total. The van der Waals surface area contributed by atoms with Crippen LogP contribution in [0, 0.1) is 0 Å².